The van der Waals surface area contributed by atoms with E-state index in [1.54, 1.807) is 12.3 Å². The number of benzene rings is 1. The van der Waals surface area contributed by atoms with Gasteiger partial charge in [0.15, 0.2) is 0 Å². The summed E-state index contributed by atoms with van der Waals surface area (Å²) in [5, 5.41) is 29.6. The second kappa shape index (κ2) is 6.79. The standard InChI is InChI=1S/C16H21NO3/c1-2-12-10-13(15(19)16(20)14(12)18)17-9-8-11-6-4-3-5-7-11/h3-7,9-10,13-16,18-20H,2,8H2,1H3/t13-,14+,15-,16?/m0/s1. The molecule has 0 heterocycles. The number of nitrogens with zero attached hydrogens (tertiary/aromatic N) is 1. The summed E-state index contributed by atoms with van der Waals surface area (Å²) in [6.45, 7) is 1.91. The van der Waals surface area contributed by atoms with E-state index in [-0.39, 0.29) is 0 Å². The summed E-state index contributed by atoms with van der Waals surface area (Å²) in [7, 11) is 0. The summed E-state index contributed by atoms with van der Waals surface area (Å²) in [5.41, 5.74) is 1.87. The van der Waals surface area contributed by atoms with Gasteiger partial charge in [0.05, 0.1) is 6.04 Å². The minimum absolute atomic E-state index is 0.493. The lowest BCUT2D eigenvalue weighted by Crippen LogP contribution is -2.47. The Labute approximate surface area is 119 Å². The van der Waals surface area contributed by atoms with Gasteiger partial charge in [-0.3, -0.25) is 4.99 Å². The van der Waals surface area contributed by atoms with Crippen molar-refractivity contribution >= 4 is 6.21 Å². The molecule has 3 N–H and O–H groups in total. The molecule has 4 heteroatoms. The molecular formula is C16H21NO3. The Kier molecular flexibility index (Phi) is 5.06. The number of hydrogen-bond acceptors (Lipinski definition) is 4. The molecule has 2 rings (SSSR count). The zero-order valence-electron chi connectivity index (χ0n) is 11.6. The summed E-state index contributed by atoms with van der Waals surface area (Å²) in [6.07, 6.45) is 1.59. The first-order valence-corrected chi connectivity index (χ1v) is 6.93. The van der Waals surface area contributed by atoms with E-state index in [9.17, 15) is 15.3 Å². The Bertz CT molecular complexity index is 484. The molecule has 0 aliphatic heterocycles. The number of hydrogen-bond donors (Lipinski definition) is 3. The predicted molar refractivity (Wildman–Crippen MR) is 78.8 cm³/mol. The van der Waals surface area contributed by atoms with Crippen molar-refractivity contribution in [3.63, 3.8) is 0 Å². The fourth-order valence-corrected chi connectivity index (χ4v) is 2.38. The smallest absolute Gasteiger partial charge is 0.112 e. The Morgan fingerprint density at radius 2 is 1.80 bits per heavy atom. The Morgan fingerprint density at radius 1 is 1.10 bits per heavy atom. The molecule has 1 unspecified atom stereocenters. The van der Waals surface area contributed by atoms with Gasteiger partial charge in [-0.1, -0.05) is 43.3 Å². The maximum atomic E-state index is 9.95. The van der Waals surface area contributed by atoms with Crippen LogP contribution in [0.3, 0.4) is 0 Å². The molecule has 0 spiro atoms. The van der Waals surface area contributed by atoms with Crippen molar-refractivity contribution in [1.29, 1.82) is 0 Å². The highest BCUT2D eigenvalue weighted by atomic mass is 16.4. The Morgan fingerprint density at radius 3 is 2.45 bits per heavy atom. The third-order valence-electron chi connectivity index (χ3n) is 3.64. The fourth-order valence-electron chi connectivity index (χ4n) is 2.38. The molecule has 108 valence electrons. The van der Waals surface area contributed by atoms with Crippen LogP contribution in [0, 0.1) is 0 Å². The lowest BCUT2D eigenvalue weighted by atomic mass is 9.87. The predicted octanol–water partition coefficient (Wildman–Crippen LogP) is 1.10. The van der Waals surface area contributed by atoms with E-state index in [0.717, 1.165) is 11.1 Å². The van der Waals surface area contributed by atoms with Gasteiger partial charge in [-0.05, 0) is 17.6 Å². The molecular weight excluding hydrogens is 254 g/mol. The summed E-state index contributed by atoms with van der Waals surface area (Å²) >= 11 is 0. The maximum absolute atomic E-state index is 9.95. The molecule has 4 nitrogen and oxygen atoms in total. The van der Waals surface area contributed by atoms with Gasteiger partial charge in [-0.15, -0.1) is 0 Å². The molecule has 1 aromatic rings. The topological polar surface area (TPSA) is 73.1 Å². The Hall–Kier alpha value is -1.49. The lowest BCUT2D eigenvalue weighted by Gasteiger charge is -2.32. The van der Waals surface area contributed by atoms with E-state index in [1.165, 1.54) is 0 Å². The van der Waals surface area contributed by atoms with Crippen LogP contribution in [0.1, 0.15) is 18.9 Å². The Balaban J connectivity index is 2.06. The van der Waals surface area contributed by atoms with Crippen molar-refractivity contribution in [1.82, 2.24) is 0 Å². The summed E-state index contributed by atoms with van der Waals surface area (Å²) in [6, 6.07) is 9.41. The maximum Gasteiger partial charge on any atom is 0.112 e. The van der Waals surface area contributed by atoms with Crippen molar-refractivity contribution in [2.45, 2.75) is 44.1 Å². The van der Waals surface area contributed by atoms with Crippen molar-refractivity contribution in [3.8, 4) is 0 Å². The summed E-state index contributed by atoms with van der Waals surface area (Å²) in [4.78, 5) is 4.32. The van der Waals surface area contributed by atoms with Gasteiger partial charge in [-0.25, -0.2) is 0 Å². The van der Waals surface area contributed by atoms with Crippen LogP contribution in [0.4, 0.5) is 0 Å². The highest BCUT2D eigenvalue weighted by Crippen LogP contribution is 2.24. The molecule has 0 fully saturated rings. The highest BCUT2D eigenvalue weighted by Gasteiger charge is 2.36. The molecule has 0 saturated heterocycles. The minimum Gasteiger partial charge on any atom is -0.388 e. The molecule has 4 atom stereocenters. The van der Waals surface area contributed by atoms with Gasteiger partial charge >= 0.3 is 0 Å². The average molecular weight is 275 g/mol. The number of rotatable bonds is 4. The van der Waals surface area contributed by atoms with Crippen LogP contribution >= 0.6 is 0 Å². The highest BCUT2D eigenvalue weighted by molar-refractivity contribution is 5.62. The molecule has 0 amide bonds. The van der Waals surface area contributed by atoms with Crippen molar-refractivity contribution in [2.75, 3.05) is 0 Å². The fraction of sp³-hybridized carbons (Fsp3) is 0.438. The first-order valence-electron chi connectivity index (χ1n) is 6.93. The van der Waals surface area contributed by atoms with Crippen LogP contribution in [-0.2, 0) is 6.42 Å². The second-order valence-corrected chi connectivity index (χ2v) is 5.03. The van der Waals surface area contributed by atoms with E-state index < -0.39 is 24.4 Å². The van der Waals surface area contributed by atoms with Crippen LogP contribution in [-0.4, -0.2) is 45.9 Å². The number of aliphatic hydroxyl groups excluding tert-OH is 3. The van der Waals surface area contributed by atoms with Crippen molar-refractivity contribution in [3.05, 3.63) is 47.5 Å². The van der Waals surface area contributed by atoms with Gasteiger partial charge < -0.3 is 15.3 Å². The molecule has 20 heavy (non-hydrogen) atoms. The molecule has 0 saturated carbocycles. The third kappa shape index (κ3) is 3.33. The third-order valence-corrected chi connectivity index (χ3v) is 3.64. The van der Waals surface area contributed by atoms with Crippen LogP contribution in [0.25, 0.3) is 0 Å². The first kappa shape index (κ1) is 14.9. The SMILES string of the molecule is CCC1=C[C@H](N=CCc2ccccc2)[C@H](O)C(O)[C@@H]1O. The largest absolute Gasteiger partial charge is 0.388 e. The summed E-state index contributed by atoms with van der Waals surface area (Å²) < 4.78 is 0. The average Bonchev–Trinajstić information content (AvgIpc) is 2.48. The van der Waals surface area contributed by atoms with Crippen LogP contribution in [0.5, 0.6) is 0 Å². The molecule has 1 aliphatic rings. The van der Waals surface area contributed by atoms with Crippen LogP contribution < -0.4 is 0 Å². The van der Waals surface area contributed by atoms with Gasteiger partial charge in [0, 0.05) is 12.6 Å². The van der Waals surface area contributed by atoms with E-state index in [2.05, 4.69) is 4.99 Å². The molecule has 1 aromatic carbocycles. The number of aliphatic hydroxyl groups is 3. The van der Waals surface area contributed by atoms with E-state index in [1.807, 2.05) is 37.3 Å². The normalized spacial score (nSPS) is 30.5. The van der Waals surface area contributed by atoms with Gasteiger partial charge in [-0.2, -0.15) is 0 Å². The zero-order chi connectivity index (χ0) is 14.5. The molecule has 1 aliphatic carbocycles. The first-order chi connectivity index (χ1) is 9.63. The van der Waals surface area contributed by atoms with Gasteiger partial charge in [0.1, 0.15) is 18.3 Å². The monoisotopic (exact) mass is 275 g/mol. The minimum atomic E-state index is -1.17. The van der Waals surface area contributed by atoms with Crippen LogP contribution in [0.2, 0.25) is 0 Å². The quantitative estimate of drug-likeness (QED) is 0.569. The molecule has 0 bridgehead atoms. The summed E-state index contributed by atoms with van der Waals surface area (Å²) in [5.74, 6) is 0. The molecule has 0 radical (unpaired) electrons. The van der Waals surface area contributed by atoms with Crippen LogP contribution in [0.15, 0.2) is 47.0 Å². The van der Waals surface area contributed by atoms with Gasteiger partial charge in [0.25, 0.3) is 0 Å². The van der Waals surface area contributed by atoms with Gasteiger partial charge in [0.2, 0.25) is 0 Å². The van der Waals surface area contributed by atoms with E-state index in [4.69, 9.17) is 0 Å². The zero-order valence-corrected chi connectivity index (χ0v) is 11.6. The van der Waals surface area contributed by atoms with Crippen molar-refractivity contribution < 1.29 is 15.3 Å². The van der Waals surface area contributed by atoms with Crippen molar-refractivity contribution in [2.24, 2.45) is 4.99 Å². The number of aliphatic imine (C=N–C) groups is 1. The van der Waals surface area contributed by atoms with E-state index in [0.29, 0.717) is 12.8 Å². The second-order valence-electron chi connectivity index (χ2n) is 5.03. The lowest BCUT2D eigenvalue weighted by molar-refractivity contribution is -0.0572. The molecule has 0 aromatic heterocycles. The van der Waals surface area contributed by atoms with E-state index >= 15 is 0 Å².